The highest BCUT2D eigenvalue weighted by atomic mass is 16.2. The van der Waals surface area contributed by atoms with Crippen molar-refractivity contribution in [2.75, 3.05) is 32.7 Å². The highest BCUT2D eigenvalue weighted by Gasteiger charge is 2.21. The second-order valence-electron chi connectivity index (χ2n) is 3.60. The number of carbonyl (C=O) groups is 1. The van der Waals surface area contributed by atoms with Gasteiger partial charge in [-0.2, -0.15) is 0 Å². The van der Waals surface area contributed by atoms with Crippen molar-refractivity contribution in [3.63, 3.8) is 0 Å². The van der Waals surface area contributed by atoms with Gasteiger partial charge in [0.05, 0.1) is 6.54 Å². The second kappa shape index (κ2) is 5.22. The van der Waals surface area contributed by atoms with Crippen LogP contribution in [0.3, 0.4) is 0 Å². The van der Waals surface area contributed by atoms with Crippen LogP contribution in [0, 0.1) is 0 Å². The fourth-order valence-electron chi connectivity index (χ4n) is 1.66. The minimum absolute atomic E-state index is 0.296. The Kier molecular flexibility index (Phi) is 4.22. The van der Waals surface area contributed by atoms with Gasteiger partial charge in [-0.3, -0.25) is 9.69 Å². The molecule has 76 valence electrons. The molecule has 1 aliphatic rings. The molecule has 0 N–H and O–H groups in total. The highest BCUT2D eigenvalue weighted by molar-refractivity contribution is 5.78. The van der Waals surface area contributed by atoms with Gasteiger partial charge in [-0.05, 0) is 19.9 Å². The van der Waals surface area contributed by atoms with E-state index < -0.39 is 0 Å². The smallest absolute Gasteiger partial charge is 0.236 e. The third-order valence-electron chi connectivity index (χ3n) is 2.61. The lowest BCUT2D eigenvalue weighted by Gasteiger charge is -2.33. The number of amides is 1. The quantitative estimate of drug-likeness (QED) is 0.649. The summed E-state index contributed by atoms with van der Waals surface area (Å²) >= 11 is 0. The molecule has 0 spiro atoms. The Hall–Kier alpha value is -0.570. The third kappa shape index (κ3) is 2.99. The molecule has 1 rings (SSSR count). The molecule has 0 aromatic rings. The van der Waals surface area contributed by atoms with Gasteiger partial charge >= 0.3 is 0 Å². The molecule has 0 saturated carbocycles. The van der Waals surface area contributed by atoms with Gasteiger partial charge in [0.1, 0.15) is 0 Å². The summed E-state index contributed by atoms with van der Waals surface area (Å²) in [7, 11) is 0. The predicted molar refractivity (Wildman–Crippen MR) is 53.6 cm³/mol. The van der Waals surface area contributed by atoms with Crippen LogP contribution in [0.15, 0.2) is 0 Å². The summed E-state index contributed by atoms with van der Waals surface area (Å²) in [6, 6.07) is 0. The molecule has 0 bridgehead atoms. The Bertz CT molecular complexity index is 170. The van der Waals surface area contributed by atoms with Gasteiger partial charge < -0.3 is 4.90 Å². The molecule has 1 heterocycles. The molecule has 3 nitrogen and oxygen atoms in total. The molecular formula is C10H20N2O. The van der Waals surface area contributed by atoms with E-state index in [1.54, 1.807) is 0 Å². The number of hydrogen-bond acceptors (Lipinski definition) is 2. The van der Waals surface area contributed by atoms with Crippen molar-refractivity contribution in [1.29, 1.82) is 0 Å². The van der Waals surface area contributed by atoms with Crippen LogP contribution in [0.25, 0.3) is 0 Å². The lowest BCUT2D eigenvalue weighted by Crippen LogP contribution is -2.50. The lowest BCUT2D eigenvalue weighted by molar-refractivity contribution is -0.135. The Labute approximate surface area is 80.7 Å². The van der Waals surface area contributed by atoms with E-state index in [2.05, 4.69) is 11.8 Å². The van der Waals surface area contributed by atoms with Crippen LogP contribution < -0.4 is 0 Å². The van der Waals surface area contributed by atoms with E-state index in [9.17, 15) is 4.79 Å². The second-order valence-corrected chi connectivity index (χ2v) is 3.60. The van der Waals surface area contributed by atoms with E-state index in [1.807, 2.05) is 11.8 Å². The molecular weight excluding hydrogens is 164 g/mol. The van der Waals surface area contributed by atoms with Gasteiger partial charge in [0.25, 0.3) is 0 Å². The standard InChI is InChI=1S/C10H20N2O/c1-3-5-6-11-7-8-12(4-2)10(13)9-11/h3-9H2,1-2H3. The maximum absolute atomic E-state index is 11.5. The first-order valence-electron chi connectivity index (χ1n) is 5.28. The van der Waals surface area contributed by atoms with Gasteiger partial charge in [-0.1, -0.05) is 13.3 Å². The van der Waals surface area contributed by atoms with Crippen molar-refractivity contribution >= 4 is 5.91 Å². The van der Waals surface area contributed by atoms with Crippen molar-refractivity contribution in [3.8, 4) is 0 Å². The van der Waals surface area contributed by atoms with Gasteiger partial charge in [-0.15, -0.1) is 0 Å². The summed E-state index contributed by atoms with van der Waals surface area (Å²) in [4.78, 5) is 15.7. The van der Waals surface area contributed by atoms with Crippen LogP contribution in [0.2, 0.25) is 0 Å². The summed E-state index contributed by atoms with van der Waals surface area (Å²) in [5, 5.41) is 0. The predicted octanol–water partition coefficient (Wildman–Crippen LogP) is 0.951. The SMILES string of the molecule is CCCCN1CCN(CC)C(=O)C1. The van der Waals surface area contributed by atoms with E-state index in [1.165, 1.54) is 12.8 Å². The molecule has 0 atom stereocenters. The largest absolute Gasteiger partial charge is 0.341 e. The number of nitrogens with zero attached hydrogens (tertiary/aromatic N) is 2. The van der Waals surface area contributed by atoms with Crippen LogP contribution in [0.4, 0.5) is 0 Å². The summed E-state index contributed by atoms with van der Waals surface area (Å²) in [6.45, 7) is 8.77. The van der Waals surface area contributed by atoms with Crippen molar-refractivity contribution in [2.24, 2.45) is 0 Å². The number of piperazine rings is 1. The molecule has 1 fully saturated rings. The maximum atomic E-state index is 11.5. The number of rotatable bonds is 4. The zero-order valence-electron chi connectivity index (χ0n) is 8.75. The zero-order chi connectivity index (χ0) is 9.68. The number of carbonyl (C=O) groups excluding carboxylic acids is 1. The van der Waals surface area contributed by atoms with Crippen LogP contribution >= 0.6 is 0 Å². The Morgan fingerprint density at radius 3 is 2.62 bits per heavy atom. The number of hydrogen-bond donors (Lipinski definition) is 0. The zero-order valence-corrected chi connectivity index (χ0v) is 8.75. The average Bonchev–Trinajstić information content (AvgIpc) is 2.15. The molecule has 13 heavy (non-hydrogen) atoms. The molecule has 0 radical (unpaired) electrons. The molecule has 0 aliphatic carbocycles. The topological polar surface area (TPSA) is 23.6 Å². The maximum Gasteiger partial charge on any atom is 0.236 e. The number of unbranched alkanes of at least 4 members (excludes halogenated alkanes) is 1. The molecule has 0 aromatic carbocycles. The monoisotopic (exact) mass is 184 g/mol. The van der Waals surface area contributed by atoms with Crippen molar-refractivity contribution in [1.82, 2.24) is 9.80 Å². The summed E-state index contributed by atoms with van der Waals surface area (Å²) in [6.07, 6.45) is 2.42. The van der Waals surface area contributed by atoms with Gasteiger partial charge in [0.15, 0.2) is 0 Å². The first kappa shape index (κ1) is 10.5. The van der Waals surface area contributed by atoms with E-state index in [0.717, 1.165) is 26.2 Å². The highest BCUT2D eigenvalue weighted by Crippen LogP contribution is 2.04. The van der Waals surface area contributed by atoms with Gasteiger partial charge in [0.2, 0.25) is 5.91 Å². The normalized spacial score (nSPS) is 19.5. The summed E-state index contributed by atoms with van der Waals surface area (Å²) < 4.78 is 0. The molecule has 1 aliphatic heterocycles. The van der Waals surface area contributed by atoms with Gasteiger partial charge in [-0.25, -0.2) is 0 Å². The average molecular weight is 184 g/mol. The third-order valence-corrected chi connectivity index (χ3v) is 2.61. The fourth-order valence-corrected chi connectivity index (χ4v) is 1.66. The van der Waals surface area contributed by atoms with E-state index in [4.69, 9.17) is 0 Å². The fraction of sp³-hybridized carbons (Fsp3) is 0.900. The van der Waals surface area contributed by atoms with Crippen LogP contribution in [-0.2, 0) is 4.79 Å². The first-order chi connectivity index (χ1) is 6.27. The van der Waals surface area contributed by atoms with Crippen molar-refractivity contribution in [2.45, 2.75) is 26.7 Å². The van der Waals surface area contributed by atoms with Crippen LogP contribution in [0.5, 0.6) is 0 Å². The van der Waals surface area contributed by atoms with Crippen LogP contribution in [0.1, 0.15) is 26.7 Å². The Balaban J connectivity index is 2.28. The van der Waals surface area contributed by atoms with Crippen LogP contribution in [-0.4, -0.2) is 48.4 Å². The van der Waals surface area contributed by atoms with E-state index >= 15 is 0 Å². The summed E-state index contributed by atoms with van der Waals surface area (Å²) in [5.74, 6) is 0.296. The number of likely N-dealkylation sites (N-methyl/N-ethyl adjacent to an activating group) is 1. The van der Waals surface area contributed by atoms with Gasteiger partial charge in [0, 0.05) is 19.6 Å². The molecule has 3 heteroatoms. The molecule has 1 saturated heterocycles. The summed E-state index contributed by atoms with van der Waals surface area (Å²) in [5.41, 5.74) is 0. The molecule has 0 unspecified atom stereocenters. The Morgan fingerprint density at radius 1 is 1.31 bits per heavy atom. The molecule has 0 aromatic heterocycles. The first-order valence-corrected chi connectivity index (χ1v) is 5.28. The van der Waals surface area contributed by atoms with E-state index in [0.29, 0.717) is 12.5 Å². The van der Waals surface area contributed by atoms with E-state index in [-0.39, 0.29) is 0 Å². The molecule has 1 amide bonds. The van der Waals surface area contributed by atoms with Crippen molar-refractivity contribution < 1.29 is 4.79 Å². The lowest BCUT2D eigenvalue weighted by atomic mass is 10.2. The minimum Gasteiger partial charge on any atom is -0.341 e. The minimum atomic E-state index is 0.296. The van der Waals surface area contributed by atoms with Crippen molar-refractivity contribution in [3.05, 3.63) is 0 Å². The Morgan fingerprint density at radius 2 is 2.08 bits per heavy atom.